The van der Waals surface area contributed by atoms with Crippen LogP contribution in [0.3, 0.4) is 0 Å². The molecule has 0 aliphatic carbocycles. The molecule has 0 radical (unpaired) electrons. The van der Waals surface area contributed by atoms with E-state index in [0.717, 1.165) is 38.3 Å². The minimum atomic E-state index is -0.190. The number of methoxy groups -OCH3 is 1. The van der Waals surface area contributed by atoms with E-state index in [4.69, 9.17) is 21.9 Å². The van der Waals surface area contributed by atoms with Crippen LogP contribution in [-0.2, 0) is 16.1 Å². The molecule has 0 saturated carbocycles. The van der Waals surface area contributed by atoms with Gasteiger partial charge in [-0.3, -0.25) is 23.8 Å². The lowest BCUT2D eigenvalue weighted by Crippen LogP contribution is -2.47. The second-order valence-electron chi connectivity index (χ2n) is 9.47. The van der Waals surface area contributed by atoms with Gasteiger partial charge < -0.3 is 9.64 Å². The Morgan fingerprint density at radius 3 is 2.58 bits per heavy atom. The number of fused-ring (bicyclic) bond motifs is 1. The predicted octanol–water partition coefficient (Wildman–Crippen LogP) is 3.56. The fraction of sp³-hybridized carbons (Fsp3) is 0.357. The van der Waals surface area contributed by atoms with Gasteiger partial charge in [0.2, 0.25) is 0 Å². The number of hydrogen-bond donors (Lipinski definition) is 0. The van der Waals surface area contributed by atoms with Crippen molar-refractivity contribution in [2.75, 3.05) is 51.3 Å². The third kappa shape index (κ3) is 5.54. The van der Waals surface area contributed by atoms with Crippen LogP contribution in [0.25, 0.3) is 11.7 Å². The maximum Gasteiger partial charge on any atom is 0.267 e. The van der Waals surface area contributed by atoms with Gasteiger partial charge in [-0.25, -0.2) is 4.98 Å². The molecular weight excluding hydrogens is 518 g/mol. The third-order valence-corrected chi connectivity index (χ3v) is 8.24. The zero-order chi connectivity index (χ0) is 26.6. The molecule has 2 saturated heterocycles. The molecular formula is C28H31N5O3S2. The number of aromatic nitrogens is 2. The molecule has 8 nitrogen and oxygen atoms in total. The molecule has 5 rings (SSSR count). The average Bonchev–Trinajstić information content (AvgIpc) is 3.19. The Morgan fingerprint density at radius 1 is 1.08 bits per heavy atom. The van der Waals surface area contributed by atoms with Crippen molar-refractivity contribution < 1.29 is 9.53 Å². The van der Waals surface area contributed by atoms with E-state index in [-0.39, 0.29) is 11.5 Å². The average molecular weight is 550 g/mol. The van der Waals surface area contributed by atoms with Gasteiger partial charge in [-0.1, -0.05) is 60.4 Å². The molecule has 0 atom stereocenters. The molecule has 1 aromatic carbocycles. The Bertz CT molecular complexity index is 1430. The Balaban J connectivity index is 1.46. The van der Waals surface area contributed by atoms with E-state index in [1.54, 1.807) is 28.7 Å². The highest BCUT2D eigenvalue weighted by Gasteiger charge is 2.33. The van der Waals surface area contributed by atoms with Crippen LogP contribution >= 0.6 is 24.0 Å². The van der Waals surface area contributed by atoms with Gasteiger partial charge in [-0.2, -0.15) is 0 Å². The summed E-state index contributed by atoms with van der Waals surface area (Å²) in [5, 5.41) is 0. The number of carbonyl (C=O) groups is 1. The number of amides is 1. The van der Waals surface area contributed by atoms with Crippen molar-refractivity contribution in [3.63, 3.8) is 0 Å². The van der Waals surface area contributed by atoms with Crippen LogP contribution in [0.1, 0.15) is 23.1 Å². The lowest BCUT2D eigenvalue weighted by Gasteiger charge is -2.36. The van der Waals surface area contributed by atoms with Crippen molar-refractivity contribution >= 4 is 51.7 Å². The van der Waals surface area contributed by atoms with Crippen LogP contribution in [0, 0.1) is 6.92 Å². The number of anilines is 1. The summed E-state index contributed by atoms with van der Waals surface area (Å²) in [6.07, 6.45) is 4.10. The highest BCUT2D eigenvalue weighted by Crippen LogP contribution is 2.34. The highest BCUT2D eigenvalue weighted by molar-refractivity contribution is 8.26. The molecule has 0 spiro atoms. The van der Waals surface area contributed by atoms with Crippen LogP contribution in [0.5, 0.6) is 0 Å². The van der Waals surface area contributed by atoms with Gasteiger partial charge in [-0.05, 0) is 36.6 Å². The van der Waals surface area contributed by atoms with E-state index < -0.39 is 0 Å². The summed E-state index contributed by atoms with van der Waals surface area (Å²) < 4.78 is 7.18. The number of thiocarbonyl (C=S) groups is 1. The number of thioether (sulfide) groups is 1. The number of aryl methyl sites for hydroxylation is 1. The number of rotatable bonds is 8. The van der Waals surface area contributed by atoms with Gasteiger partial charge in [-0.15, -0.1) is 0 Å². The van der Waals surface area contributed by atoms with Crippen molar-refractivity contribution in [1.29, 1.82) is 0 Å². The second kappa shape index (κ2) is 11.8. The van der Waals surface area contributed by atoms with Gasteiger partial charge in [0.05, 0.1) is 10.5 Å². The fourth-order valence-corrected chi connectivity index (χ4v) is 6.11. The van der Waals surface area contributed by atoms with Crippen LogP contribution in [0.15, 0.2) is 58.4 Å². The van der Waals surface area contributed by atoms with Crippen molar-refractivity contribution in [3.8, 4) is 0 Å². The molecule has 2 aliphatic heterocycles. The lowest BCUT2D eigenvalue weighted by atomic mass is 10.1. The van der Waals surface area contributed by atoms with Crippen LogP contribution < -0.4 is 10.5 Å². The highest BCUT2D eigenvalue weighted by atomic mass is 32.2. The molecule has 198 valence electrons. The molecule has 38 heavy (non-hydrogen) atoms. The van der Waals surface area contributed by atoms with Crippen molar-refractivity contribution in [1.82, 2.24) is 19.2 Å². The number of pyridine rings is 1. The zero-order valence-corrected chi connectivity index (χ0v) is 23.3. The maximum absolute atomic E-state index is 13.8. The van der Waals surface area contributed by atoms with Gasteiger partial charge in [0.15, 0.2) is 0 Å². The topological polar surface area (TPSA) is 70.4 Å². The number of benzene rings is 1. The molecule has 2 aliphatic rings. The summed E-state index contributed by atoms with van der Waals surface area (Å²) in [6, 6.07) is 14.2. The molecule has 0 unspecified atom stereocenters. The molecule has 0 bridgehead atoms. The van der Waals surface area contributed by atoms with Crippen molar-refractivity contribution in [2.24, 2.45) is 0 Å². The smallest absolute Gasteiger partial charge is 0.267 e. The Kier molecular flexibility index (Phi) is 8.23. The standard InChI is InChI=1S/C28H31N5O3S2/c1-20-8-6-11-32-24(20)29-25(31-15-13-30(14-16-31)19-21-9-4-3-5-10-21)22(26(32)34)18-23-27(35)33(28(37)38-23)12-7-17-36-2/h3-6,8-11,18H,7,12-17,19H2,1-2H3. The Hall–Kier alpha value is -3.05. The van der Waals surface area contributed by atoms with Gasteiger partial charge in [0, 0.05) is 59.2 Å². The Labute approximate surface area is 231 Å². The molecule has 2 aromatic heterocycles. The summed E-state index contributed by atoms with van der Waals surface area (Å²) in [6.45, 7) is 7.05. The number of ether oxygens (including phenoxy) is 1. The van der Waals surface area contributed by atoms with E-state index in [0.29, 0.717) is 45.8 Å². The molecule has 0 N–H and O–H groups in total. The minimum absolute atomic E-state index is 0.177. The predicted molar refractivity (Wildman–Crippen MR) is 157 cm³/mol. The number of carbonyl (C=O) groups excluding carboxylic acids is 1. The molecule has 10 heteroatoms. The monoisotopic (exact) mass is 549 g/mol. The summed E-state index contributed by atoms with van der Waals surface area (Å²) in [7, 11) is 1.63. The first-order valence-electron chi connectivity index (χ1n) is 12.7. The SMILES string of the molecule is COCCCN1C(=O)C(=Cc2c(N3CCN(Cc4ccccc4)CC3)nc3c(C)cccn3c2=O)SC1=S. The normalized spacial score (nSPS) is 17.8. The molecule has 1 amide bonds. The van der Waals surface area contributed by atoms with E-state index in [9.17, 15) is 9.59 Å². The van der Waals surface area contributed by atoms with Gasteiger partial charge in [0.25, 0.3) is 11.5 Å². The fourth-order valence-electron chi connectivity index (χ4n) is 4.82. The van der Waals surface area contributed by atoms with E-state index in [2.05, 4.69) is 34.1 Å². The van der Waals surface area contributed by atoms with Gasteiger partial charge >= 0.3 is 0 Å². The van der Waals surface area contributed by atoms with E-state index >= 15 is 0 Å². The molecule has 3 aromatic rings. The maximum atomic E-state index is 13.8. The quantitative estimate of drug-likeness (QED) is 0.240. The largest absolute Gasteiger partial charge is 0.385 e. The minimum Gasteiger partial charge on any atom is -0.385 e. The van der Waals surface area contributed by atoms with Crippen molar-refractivity contribution in [3.05, 3.63) is 80.6 Å². The summed E-state index contributed by atoms with van der Waals surface area (Å²) in [4.78, 5) is 38.6. The van der Waals surface area contributed by atoms with Crippen LogP contribution in [-0.4, -0.2) is 75.9 Å². The summed E-state index contributed by atoms with van der Waals surface area (Å²) in [5.41, 5.74) is 3.06. The van der Waals surface area contributed by atoms with Crippen LogP contribution in [0.4, 0.5) is 5.82 Å². The van der Waals surface area contributed by atoms with E-state index in [1.165, 1.54) is 17.3 Å². The first-order chi connectivity index (χ1) is 18.5. The summed E-state index contributed by atoms with van der Waals surface area (Å²) >= 11 is 6.72. The van der Waals surface area contributed by atoms with E-state index in [1.807, 2.05) is 25.1 Å². The first-order valence-corrected chi connectivity index (χ1v) is 14.0. The zero-order valence-electron chi connectivity index (χ0n) is 21.6. The number of hydrogen-bond acceptors (Lipinski definition) is 8. The second-order valence-corrected chi connectivity index (χ2v) is 11.1. The number of piperazine rings is 1. The first kappa shape index (κ1) is 26.6. The molecule has 2 fully saturated rings. The lowest BCUT2D eigenvalue weighted by molar-refractivity contribution is -0.122. The number of nitrogens with zero attached hydrogens (tertiary/aromatic N) is 5. The Morgan fingerprint density at radius 2 is 1.84 bits per heavy atom. The summed E-state index contributed by atoms with van der Waals surface area (Å²) in [5.74, 6) is 0.441. The third-order valence-electron chi connectivity index (χ3n) is 6.86. The van der Waals surface area contributed by atoms with Gasteiger partial charge in [0.1, 0.15) is 15.8 Å². The van der Waals surface area contributed by atoms with Crippen LogP contribution in [0.2, 0.25) is 0 Å². The van der Waals surface area contributed by atoms with Crippen molar-refractivity contribution in [2.45, 2.75) is 19.9 Å². The molecule has 4 heterocycles.